The van der Waals surface area contributed by atoms with Gasteiger partial charge in [0, 0.05) is 23.2 Å². The van der Waals surface area contributed by atoms with Crippen LogP contribution in [0.3, 0.4) is 0 Å². The van der Waals surface area contributed by atoms with Crippen LogP contribution in [0.5, 0.6) is 0 Å². The first-order valence-corrected chi connectivity index (χ1v) is 8.32. The number of nitro groups is 1. The zero-order chi connectivity index (χ0) is 18.1. The monoisotopic (exact) mass is 357 g/mol. The van der Waals surface area contributed by atoms with E-state index in [9.17, 15) is 14.9 Å². The molecule has 0 aliphatic rings. The molecule has 3 rings (SSSR count). The Bertz CT molecular complexity index is 983. The van der Waals surface area contributed by atoms with Crippen LogP contribution in [0.25, 0.3) is 10.2 Å². The summed E-state index contributed by atoms with van der Waals surface area (Å²) < 4.78 is 9.65. The van der Waals surface area contributed by atoms with Crippen molar-refractivity contribution < 1.29 is 14.5 Å². The number of aryl methyl sites for hydroxylation is 2. The predicted octanol–water partition coefficient (Wildman–Crippen LogP) is 4.13. The van der Waals surface area contributed by atoms with Crippen LogP contribution < -0.4 is 0 Å². The second-order valence-electron chi connectivity index (χ2n) is 5.70. The van der Waals surface area contributed by atoms with E-state index >= 15 is 0 Å². The van der Waals surface area contributed by atoms with Gasteiger partial charge in [-0.2, -0.15) is 4.37 Å². The van der Waals surface area contributed by atoms with Crippen LogP contribution in [-0.2, 0) is 4.74 Å². The molecule has 128 valence electrons. The molecule has 0 radical (unpaired) electrons. The zero-order valence-corrected chi connectivity index (χ0v) is 14.7. The molecular formula is C17H15N3O4S. The van der Waals surface area contributed by atoms with Crippen molar-refractivity contribution in [3.8, 4) is 0 Å². The fourth-order valence-corrected chi connectivity index (χ4v) is 3.16. The Morgan fingerprint density at radius 3 is 2.80 bits per heavy atom. The SMILES string of the molecule is Cc1ccc([C@@H](C)OC(=O)c2cnc3snc(C)c3c2)cc1[N+](=O)[O-]. The average Bonchev–Trinajstić information content (AvgIpc) is 2.95. The third-order valence-corrected chi connectivity index (χ3v) is 4.79. The maximum atomic E-state index is 12.4. The smallest absolute Gasteiger partial charge is 0.340 e. The summed E-state index contributed by atoms with van der Waals surface area (Å²) >= 11 is 1.27. The van der Waals surface area contributed by atoms with Crippen molar-refractivity contribution >= 4 is 33.4 Å². The van der Waals surface area contributed by atoms with E-state index in [1.165, 1.54) is 23.8 Å². The minimum Gasteiger partial charge on any atom is -0.454 e. The van der Waals surface area contributed by atoms with Gasteiger partial charge in [0.1, 0.15) is 10.9 Å². The van der Waals surface area contributed by atoms with E-state index in [1.54, 1.807) is 32.0 Å². The summed E-state index contributed by atoms with van der Waals surface area (Å²) in [5.74, 6) is -0.532. The van der Waals surface area contributed by atoms with Crippen molar-refractivity contribution in [2.75, 3.05) is 0 Å². The summed E-state index contributed by atoms with van der Waals surface area (Å²) in [4.78, 5) is 28.0. The Kier molecular flexibility index (Phi) is 4.45. The number of rotatable bonds is 4. The van der Waals surface area contributed by atoms with E-state index < -0.39 is 17.0 Å². The number of esters is 1. The molecule has 0 aliphatic carbocycles. The Hall–Kier alpha value is -2.87. The molecule has 0 saturated carbocycles. The van der Waals surface area contributed by atoms with Gasteiger partial charge >= 0.3 is 5.97 Å². The highest BCUT2D eigenvalue weighted by molar-refractivity contribution is 7.12. The number of hydrogen-bond donors (Lipinski definition) is 0. The van der Waals surface area contributed by atoms with Gasteiger partial charge < -0.3 is 4.74 Å². The van der Waals surface area contributed by atoms with Crippen LogP contribution in [0.1, 0.15) is 40.2 Å². The molecule has 0 saturated heterocycles. The molecule has 8 heteroatoms. The van der Waals surface area contributed by atoms with Gasteiger partial charge in [-0.15, -0.1) is 0 Å². The molecule has 0 aliphatic heterocycles. The number of carbonyl (C=O) groups excluding carboxylic acids is 1. The van der Waals surface area contributed by atoms with Gasteiger partial charge in [-0.25, -0.2) is 9.78 Å². The lowest BCUT2D eigenvalue weighted by Crippen LogP contribution is -2.10. The van der Waals surface area contributed by atoms with Crippen molar-refractivity contribution in [1.29, 1.82) is 0 Å². The van der Waals surface area contributed by atoms with Gasteiger partial charge in [0.05, 0.1) is 16.2 Å². The van der Waals surface area contributed by atoms with Crippen LogP contribution in [0, 0.1) is 24.0 Å². The number of ether oxygens (including phenoxy) is 1. The van der Waals surface area contributed by atoms with E-state index in [2.05, 4.69) is 9.36 Å². The van der Waals surface area contributed by atoms with E-state index in [-0.39, 0.29) is 5.69 Å². The molecule has 7 nitrogen and oxygen atoms in total. The van der Waals surface area contributed by atoms with Crippen LogP contribution in [0.15, 0.2) is 30.5 Å². The van der Waals surface area contributed by atoms with Gasteiger partial charge in [-0.05, 0) is 43.9 Å². The maximum Gasteiger partial charge on any atom is 0.340 e. The molecule has 2 heterocycles. The third-order valence-electron chi connectivity index (χ3n) is 3.93. The lowest BCUT2D eigenvalue weighted by molar-refractivity contribution is -0.385. The summed E-state index contributed by atoms with van der Waals surface area (Å²) in [5, 5.41) is 11.9. The summed E-state index contributed by atoms with van der Waals surface area (Å²) in [6.45, 7) is 5.19. The van der Waals surface area contributed by atoms with Gasteiger partial charge in [-0.1, -0.05) is 12.1 Å². The molecular weight excluding hydrogens is 342 g/mol. The molecule has 0 spiro atoms. The first-order chi connectivity index (χ1) is 11.9. The number of nitro benzene ring substituents is 1. The fourth-order valence-electron chi connectivity index (χ4n) is 2.43. The van der Waals surface area contributed by atoms with E-state index in [1.807, 2.05) is 6.92 Å². The quantitative estimate of drug-likeness (QED) is 0.396. The number of carbonyl (C=O) groups is 1. The highest BCUT2D eigenvalue weighted by atomic mass is 32.1. The van der Waals surface area contributed by atoms with Gasteiger partial charge in [-0.3, -0.25) is 10.1 Å². The Balaban J connectivity index is 1.83. The number of fused-ring (bicyclic) bond motifs is 1. The van der Waals surface area contributed by atoms with Gasteiger partial charge in [0.25, 0.3) is 5.69 Å². The van der Waals surface area contributed by atoms with Crippen molar-refractivity contribution in [1.82, 2.24) is 9.36 Å². The zero-order valence-electron chi connectivity index (χ0n) is 13.8. The normalized spacial score (nSPS) is 12.1. The molecule has 3 aromatic rings. The number of hydrogen-bond acceptors (Lipinski definition) is 7. The van der Waals surface area contributed by atoms with Crippen LogP contribution in [0.4, 0.5) is 5.69 Å². The molecule has 1 atom stereocenters. The summed E-state index contributed by atoms with van der Waals surface area (Å²) in [6, 6.07) is 6.50. The summed E-state index contributed by atoms with van der Waals surface area (Å²) in [6.07, 6.45) is 0.830. The molecule has 0 N–H and O–H groups in total. The van der Waals surface area contributed by atoms with Crippen molar-refractivity contribution in [2.24, 2.45) is 0 Å². The van der Waals surface area contributed by atoms with Gasteiger partial charge in [0.15, 0.2) is 0 Å². The largest absolute Gasteiger partial charge is 0.454 e. The average molecular weight is 357 g/mol. The molecule has 0 amide bonds. The predicted molar refractivity (Wildman–Crippen MR) is 93.8 cm³/mol. The summed E-state index contributed by atoms with van der Waals surface area (Å²) in [5.41, 5.74) is 2.26. The Labute approximate surface area is 147 Å². The number of aromatic nitrogens is 2. The second kappa shape index (κ2) is 6.56. The fraction of sp³-hybridized carbons (Fsp3) is 0.235. The Morgan fingerprint density at radius 2 is 2.08 bits per heavy atom. The highest BCUT2D eigenvalue weighted by Gasteiger charge is 2.19. The minimum absolute atomic E-state index is 0.00320. The standard InChI is InChI=1S/C17H15N3O4S/c1-9-4-5-12(7-15(9)20(22)23)11(3)24-17(21)13-6-14-10(2)19-25-16(14)18-8-13/h4-8,11H,1-3H3/t11-/m1/s1. The van der Waals surface area contributed by atoms with Crippen molar-refractivity contribution in [3.63, 3.8) is 0 Å². The molecule has 0 fully saturated rings. The molecule has 2 aromatic heterocycles. The molecule has 0 bridgehead atoms. The van der Waals surface area contributed by atoms with Crippen LogP contribution >= 0.6 is 11.5 Å². The summed E-state index contributed by atoms with van der Waals surface area (Å²) in [7, 11) is 0. The second-order valence-corrected chi connectivity index (χ2v) is 6.45. The van der Waals surface area contributed by atoms with E-state index in [4.69, 9.17) is 4.74 Å². The Morgan fingerprint density at radius 1 is 1.32 bits per heavy atom. The maximum absolute atomic E-state index is 12.4. The van der Waals surface area contributed by atoms with Crippen molar-refractivity contribution in [2.45, 2.75) is 26.9 Å². The van der Waals surface area contributed by atoms with Crippen LogP contribution in [0.2, 0.25) is 0 Å². The van der Waals surface area contributed by atoms with Crippen molar-refractivity contribution in [3.05, 3.63) is 63.0 Å². The molecule has 25 heavy (non-hydrogen) atoms. The first kappa shape index (κ1) is 17.0. The topological polar surface area (TPSA) is 95.2 Å². The van der Waals surface area contributed by atoms with E-state index in [0.29, 0.717) is 16.7 Å². The number of pyridine rings is 1. The lowest BCUT2D eigenvalue weighted by atomic mass is 10.1. The molecule has 1 aromatic carbocycles. The minimum atomic E-state index is -0.621. The first-order valence-electron chi connectivity index (χ1n) is 7.54. The third kappa shape index (κ3) is 3.34. The van der Waals surface area contributed by atoms with Crippen LogP contribution in [-0.4, -0.2) is 20.3 Å². The lowest BCUT2D eigenvalue weighted by Gasteiger charge is -2.14. The number of nitrogens with zero attached hydrogens (tertiary/aromatic N) is 3. The highest BCUT2D eigenvalue weighted by Crippen LogP contribution is 2.26. The number of benzene rings is 1. The van der Waals surface area contributed by atoms with E-state index in [0.717, 1.165) is 15.9 Å². The molecule has 0 unspecified atom stereocenters. The van der Waals surface area contributed by atoms with Gasteiger partial charge in [0.2, 0.25) is 0 Å².